The van der Waals surface area contributed by atoms with Gasteiger partial charge in [-0.15, -0.1) is 11.3 Å². The Morgan fingerprint density at radius 2 is 1.96 bits per heavy atom. The molecular formula is C21H25NO4S. The molecule has 1 aromatic heterocycles. The van der Waals surface area contributed by atoms with Crippen molar-refractivity contribution in [3.05, 3.63) is 40.1 Å². The van der Waals surface area contributed by atoms with E-state index in [-0.39, 0.29) is 12.9 Å². The van der Waals surface area contributed by atoms with Crippen molar-refractivity contribution in [3.8, 4) is 17.2 Å². The van der Waals surface area contributed by atoms with E-state index in [0.717, 1.165) is 44.0 Å². The van der Waals surface area contributed by atoms with Gasteiger partial charge < -0.3 is 19.3 Å². The van der Waals surface area contributed by atoms with Crippen molar-refractivity contribution in [1.82, 2.24) is 4.90 Å². The van der Waals surface area contributed by atoms with Gasteiger partial charge >= 0.3 is 0 Å². The van der Waals surface area contributed by atoms with Crippen molar-refractivity contribution in [2.24, 2.45) is 11.8 Å². The van der Waals surface area contributed by atoms with Crippen LogP contribution in [0.1, 0.15) is 23.3 Å². The quantitative estimate of drug-likeness (QED) is 0.871. The third-order valence-electron chi connectivity index (χ3n) is 6.13. The highest BCUT2D eigenvalue weighted by molar-refractivity contribution is 7.10. The molecule has 0 radical (unpaired) electrons. The predicted octanol–water partition coefficient (Wildman–Crippen LogP) is 3.44. The molecule has 5 nitrogen and oxygen atoms in total. The van der Waals surface area contributed by atoms with E-state index in [9.17, 15) is 5.11 Å². The monoisotopic (exact) mass is 387 g/mol. The lowest BCUT2D eigenvalue weighted by molar-refractivity contribution is -0.0232. The number of thiophene rings is 1. The Bertz CT molecular complexity index is 822. The highest BCUT2D eigenvalue weighted by atomic mass is 32.1. The van der Waals surface area contributed by atoms with Gasteiger partial charge in [0.2, 0.25) is 6.79 Å². The number of benzene rings is 1. The van der Waals surface area contributed by atoms with E-state index in [1.807, 2.05) is 29.5 Å². The molecule has 1 aliphatic carbocycles. The van der Waals surface area contributed by atoms with Gasteiger partial charge in [0.05, 0.1) is 6.10 Å². The molecule has 0 spiro atoms. The van der Waals surface area contributed by atoms with E-state index in [0.29, 0.717) is 17.6 Å². The summed E-state index contributed by atoms with van der Waals surface area (Å²) < 4.78 is 16.9. The molecule has 2 aliphatic heterocycles. The molecule has 4 atom stereocenters. The summed E-state index contributed by atoms with van der Waals surface area (Å²) in [6, 6.07) is 7.83. The van der Waals surface area contributed by atoms with Gasteiger partial charge in [0.25, 0.3) is 0 Å². The van der Waals surface area contributed by atoms with Gasteiger partial charge in [0, 0.05) is 30.6 Å². The maximum atomic E-state index is 10.7. The van der Waals surface area contributed by atoms with Gasteiger partial charge in [-0.1, -0.05) is 0 Å². The number of aliphatic hydroxyl groups excluding tert-OH is 1. The van der Waals surface area contributed by atoms with E-state index in [1.165, 1.54) is 10.4 Å². The van der Waals surface area contributed by atoms with Gasteiger partial charge in [0.1, 0.15) is 11.9 Å². The predicted molar refractivity (Wildman–Crippen MR) is 104 cm³/mol. The van der Waals surface area contributed by atoms with Crippen LogP contribution >= 0.6 is 11.3 Å². The van der Waals surface area contributed by atoms with Crippen molar-refractivity contribution >= 4 is 11.3 Å². The van der Waals surface area contributed by atoms with E-state index >= 15 is 0 Å². The number of likely N-dealkylation sites (tertiary alicyclic amines) is 1. The van der Waals surface area contributed by atoms with E-state index in [1.54, 1.807) is 0 Å². The Hall–Kier alpha value is -1.76. The number of fused-ring (bicyclic) bond motifs is 2. The van der Waals surface area contributed by atoms with Crippen LogP contribution in [0.5, 0.6) is 17.2 Å². The number of aliphatic hydroxyl groups is 1. The summed E-state index contributed by atoms with van der Waals surface area (Å²) in [5.74, 6) is 3.37. The minimum Gasteiger partial charge on any atom is -0.488 e. The number of nitrogens with zero attached hydrogens (tertiary/aromatic N) is 1. The van der Waals surface area contributed by atoms with Gasteiger partial charge in [-0.05, 0) is 60.7 Å². The maximum absolute atomic E-state index is 10.7. The van der Waals surface area contributed by atoms with Gasteiger partial charge in [-0.2, -0.15) is 0 Å². The number of rotatable bonds is 4. The molecule has 1 saturated carbocycles. The van der Waals surface area contributed by atoms with Crippen molar-refractivity contribution in [2.45, 2.75) is 38.5 Å². The van der Waals surface area contributed by atoms with Crippen molar-refractivity contribution in [3.63, 3.8) is 0 Å². The maximum Gasteiger partial charge on any atom is 0.231 e. The van der Waals surface area contributed by atoms with E-state index in [4.69, 9.17) is 14.2 Å². The van der Waals surface area contributed by atoms with Crippen LogP contribution in [0.3, 0.4) is 0 Å². The molecule has 27 heavy (non-hydrogen) atoms. The zero-order valence-corrected chi connectivity index (χ0v) is 16.3. The molecule has 3 aliphatic rings. The van der Waals surface area contributed by atoms with Crippen LogP contribution in [0.2, 0.25) is 0 Å². The van der Waals surface area contributed by atoms with Crippen molar-refractivity contribution in [2.75, 3.05) is 19.9 Å². The second-order valence-corrected chi connectivity index (χ2v) is 8.95. The molecular weight excluding hydrogens is 362 g/mol. The van der Waals surface area contributed by atoms with Gasteiger partial charge in [-0.25, -0.2) is 0 Å². The molecule has 2 aromatic rings. The topological polar surface area (TPSA) is 51.2 Å². The van der Waals surface area contributed by atoms with Crippen LogP contribution in [-0.2, 0) is 6.54 Å². The standard InChI is InChI=1S/C21H25NO4S/c1-13-4-5-27-21(13)11-22-9-14-6-17(23)19(7-15(14)10-22)26-16-2-3-18-20(8-16)25-12-24-18/h2-5,8,14-15,17,19,23H,6-7,9-12H2,1H3/t14-,15+,17+,19+/m0/s1. The average molecular weight is 388 g/mol. The first-order chi connectivity index (χ1) is 13.2. The van der Waals surface area contributed by atoms with Crippen molar-refractivity contribution < 1.29 is 19.3 Å². The number of ether oxygens (including phenoxy) is 3. The molecule has 1 saturated heterocycles. The second kappa shape index (κ2) is 7.00. The van der Waals surface area contributed by atoms with E-state index in [2.05, 4.69) is 23.3 Å². The minimum atomic E-state index is -0.417. The van der Waals surface area contributed by atoms with Crippen LogP contribution in [-0.4, -0.2) is 42.1 Å². The van der Waals surface area contributed by atoms with Crippen LogP contribution < -0.4 is 14.2 Å². The summed E-state index contributed by atoms with van der Waals surface area (Å²) in [6.07, 6.45) is 1.15. The molecule has 0 amide bonds. The Labute approximate surface area is 163 Å². The second-order valence-electron chi connectivity index (χ2n) is 7.95. The molecule has 144 valence electrons. The Morgan fingerprint density at radius 1 is 1.15 bits per heavy atom. The number of hydrogen-bond donors (Lipinski definition) is 1. The molecule has 5 rings (SSSR count). The Balaban J connectivity index is 1.23. The average Bonchev–Trinajstić information content (AvgIpc) is 3.36. The first kappa shape index (κ1) is 17.3. The fraction of sp³-hybridized carbons (Fsp3) is 0.524. The number of hydrogen-bond acceptors (Lipinski definition) is 6. The molecule has 6 heteroatoms. The Kier molecular flexibility index (Phi) is 4.50. The highest BCUT2D eigenvalue weighted by Gasteiger charge is 2.42. The zero-order chi connectivity index (χ0) is 18.4. The van der Waals surface area contributed by atoms with Crippen LogP contribution in [0, 0.1) is 18.8 Å². The summed E-state index contributed by atoms with van der Waals surface area (Å²) in [6.45, 7) is 5.65. The van der Waals surface area contributed by atoms with Crippen LogP contribution in [0.25, 0.3) is 0 Å². The fourth-order valence-electron chi connectivity index (χ4n) is 4.64. The summed E-state index contributed by atoms with van der Waals surface area (Å²) in [4.78, 5) is 4.01. The molecule has 1 N–H and O–H groups in total. The SMILES string of the molecule is Cc1ccsc1CN1C[C@H]2C[C@@H](Oc3ccc4c(c3)OCO4)[C@H](O)C[C@H]2C1. The third-order valence-corrected chi connectivity index (χ3v) is 7.14. The molecule has 0 unspecified atom stereocenters. The van der Waals surface area contributed by atoms with Crippen LogP contribution in [0.4, 0.5) is 0 Å². The minimum absolute atomic E-state index is 0.157. The summed E-state index contributed by atoms with van der Waals surface area (Å²) in [5, 5.41) is 12.8. The van der Waals surface area contributed by atoms with Crippen molar-refractivity contribution in [1.29, 1.82) is 0 Å². The lowest BCUT2D eigenvalue weighted by atomic mass is 9.78. The summed E-state index contributed by atoms with van der Waals surface area (Å²) in [7, 11) is 0. The molecule has 0 bridgehead atoms. The zero-order valence-electron chi connectivity index (χ0n) is 15.5. The van der Waals surface area contributed by atoms with E-state index < -0.39 is 6.10 Å². The smallest absolute Gasteiger partial charge is 0.231 e. The normalized spacial score (nSPS) is 29.7. The molecule has 1 aromatic carbocycles. The lowest BCUT2D eigenvalue weighted by Gasteiger charge is -2.35. The molecule has 2 fully saturated rings. The number of aryl methyl sites for hydroxylation is 1. The largest absolute Gasteiger partial charge is 0.488 e. The fourth-order valence-corrected chi connectivity index (χ4v) is 5.58. The summed E-state index contributed by atoms with van der Waals surface area (Å²) >= 11 is 1.84. The Morgan fingerprint density at radius 3 is 2.78 bits per heavy atom. The summed E-state index contributed by atoms with van der Waals surface area (Å²) in [5.41, 5.74) is 1.39. The van der Waals surface area contributed by atoms with Gasteiger partial charge in [0.15, 0.2) is 11.5 Å². The first-order valence-corrected chi connectivity index (χ1v) is 10.5. The third kappa shape index (κ3) is 3.42. The van der Waals surface area contributed by atoms with Gasteiger partial charge in [-0.3, -0.25) is 4.90 Å². The van der Waals surface area contributed by atoms with Crippen LogP contribution in [0.15, 0.2) is 29.6 Å². The lowest BCUT2D eigenvalue weighted by Crippen LogP contribution is -2.42. The highest BCUT2D eigenvalue weighted by Crippen LogP contribution is 2.40. The molecule has 3 heterocycles. The first-order valence-electron chi connectivity index (χ1n) is 9.65.